The van der Waals surface area contributed by atoms with Crippen LogP contribution < -0.4 is 10.1 Å². The maximum atomic E-state index is 13.5. The average Bonchev–Trinajstić information content (AvgIpc) is 3.25. The number of hydrogen-bond acceptors (Lipinski definition) is 6. The van der Waals surface area contributed by atoms with Crippen LogP contribution in [0.3, 0.4) is 0 Å². The lowest BCUT2D eigenvalue weighted by Crippen LogP contribution is -2.50. The predicted octanol–water partition coefficient (Wildman–Crippen LogP) is 3.86. The topological polar surface area (TPSA) is 80.8 Å². The number of nitrogens with one attached hydrogen (secondary N) is 1. The van der Waals surface area contributed by atoms with E-state index < -0.39 is 42.8 Å². The molecule has 3 heterocycles. The molecule has 4 bridgehead atoms. The molecule has 1 amide bonds. The number of esters is 1. The second-order valence-electron chi connectivity index (χ2n) is 8.82. The minimum Gasteiger partial charge on any atom is -0.472 e. The summed E-state index contributed by atoms with van der Waals surface area (Å²) in [5, 5.41) is 4.08. The highest BCUT2D eigenvalue weighted by atomic mass is 19.4. The zero-order chi connectivity index (χ0) is 25.0. The summed E-state index contributed by atoms with van der Waals surface area (Å²) in [5.41, 5.74) is 0.918. The summed E-state index contributed by atoms with van der Waals surface area (Å²) in [7, 11) is 1.21. The molecule has 1 aromatic heterocycles. The molecule has 35 heavy (non-hydrogen) atoms. The van der Waals surface area contributed by atoms with Crippen molar-refractivity contribution in [2.24, 2.45) is 0 Å². The SMILES string of the molecule is COC(=O)[C@@H]1C[C@@H]2CN1C(=O)CNC(C(F)(F)F)CCCC/C=C\c1ccc3ccnc(c3c1)O2. The minimum absolute atomic E-state index is 0.0363. The highest BCUT2D eigenvalue weighted by Crippen LogP contribution is 2.30. The number of pyridine rings is 1. The summed E-state index contributed by atoms with van der Waals surface area (Å²) in [4.78, 5) is 30.9. The van der Waals surface area contributed by atoms with Gasteiger partial charge in [-0.05, 0) is 42.3 Å². The second kappa shape index (κ2) is 10.6. The number of ether oxygens (including phenoxy) is 2. The number of aromatic nitrogens is 1. The van der Waals surface area contributed by atoms with Crippen LogP contribution in [0, 0.1) is 0 Å². The number of hydrogen-bond donors (Lipinski definition) is 1. The molecule has 0 radical (unpaired) electrons. The maximum absolute atomic E-state index is 13.5. The van der Waals surface area contributed by atoms with Crippen molar-refractivity contribution >= 4 is 28.7 Å². The number of nitrogens with zero attached hydrogens (tertiary/aromatic N) is 2. The van der Waals surface area contributed by atoms with Crippen molar-refractivity contribution in [1.82, 2.24) is 15.2 Å². The number of rotatable bonds is 1. The van der Waals surface area contributed by atoms with Crippen LogP contribution >= 0.6 is 0 Å². The van der Waals surface area contributed by atoms with Gasteiger partial charge in [0, 0.05) is 18.0 Å². The van der Waals surface area contributed by atoms with Gasteiger partial charge in [-0.15, -0.1) is 0 Å². The van der Waals surface area contributed by atoms with Crippen molar-refractivity contribution in [3.05, 3.63) is 42.1 Å². The summed E-state index contributed by atoms with van der Waals surface area (Å²) in [6.45, 7) is -0.505. The lowest BCUT2D eigenvalue weighted by Gasteiger charge is -2.25. The quantitative estimate of drug-likeness (QED) is 0.611. The third kappa shape index (κ3) is 5.93. The Bertz CT molecular complexity index is 1110. The molecule has 0 aliphatic carbocycles. The first kappa shape index (κ1) is 25.0. The molecule has 0 saturated carbocycles. The van der Waals surface area contributed by atoms with Gasteiger partial charge in [-0.2, -0.15) is 13.2 Å². The predicted molar refractivity (Wildman–Crippen MR) is 124 cm³/mol. The molecule has 10 heteroatoms. The number of amides is 1. The molecule has 3 atom stereocenters. The molecule has 1 saturated heterocycles. The molecule has 7 nitrogen and oxygen atoms in total. The van der Waals surface area contributed by atoms with Crippen molar-refractivity contribution in [2.75, 3.05) is 20.2 Å². The van der Waals surface area contributed by atoms with E-state index in [0.29, 0.717) is 25.1 Å². The molecular weight excluding hydrogens is 463 g/mol. The Hall–Kier alpha value is -3.14. The third-order valence-electron chi connectivity index (χ3n) is 6.41. The van der Waals surface area contributed by atoms with Gasteiger partial charge in [0.05, 0.1) is 20.2 Å². The summed E-state index contributed by atoms with van der Waals surface area (Å²) < 4.78 is 51.6. The fraction of sp³-hybridized carbons (Fsp3) is 0.480. The number of allylic oxidation sites excluding steroid dienone is 1. The molecule has 1 aromatic carbocycles. The Morgan fingerprint density at radius 1 is 1.26 bits per heavy atom. The molecule has 2 aromatic rings. The first-order valence-corrected chi connectivity index (χ1v) is 11.7. The summed E-state index contributed by atoms with van der Waals surface area (Å²) in [5.74, 6) is -0.879. The minimum atomic E-state index is -4.49. The first-order chi connectivity index (χ1) is 16.8. The van der Waals surface area contributed by atoms with Crippen LogP contribution in [0.4, 0.5) is 13.2 Å². The molecule has 1 fully saturated rings. The van der Waals surface area contributed by atoms with E-state index in [4.69, 9.17) is 9.47 Å². The fourth-order valence-electron chi connectivity index (χ4n) is 4.56. The lowest BCUT2D eigenvalue weighted by molar-refractivity contribution is -0.160. The molecule has 1 unspecified atom stereocenters. The molecule has 188 valence electrons. The van der Waals surface area contributed by atoms with Crippen LogP contribution in [0.2, 0.25) is 0 Å². The number of alkyl halides is 3. The number of carbonyl (C=O) groups is 2. The van der Waals surface area contributed by atoms with E-state index in [0.717, 1.165) is 16.3 Å². The van der Waals surface area contributed by atoms with Crippen LogP contribution in [-0.2, 0) is 14.3 Å². The maximum Gasteiger partial charge on any atom is 0.403 e. The van der Waals surface area contributed by atoms with Gasteiger partial charge < -0.3 is 14.4 Å². The van der Waals surface area contributed by atoms with Gasteiger partial charge in [-0.25, -0.2) is 9.78 Å². The highest BCUT2D eigenvalue weighted by molar-refractivity contribution is 5.89. The van der Waals surface area contributed by atoms with E-state index in [1.165, 1.54) is 12.0 Å². The fourth-order valence-corrected chi connectivity index (χ4v) is 4.56. The second-order valence-corrected chi connectivity index (χ2v) is 8.82. The van der Waals surface area contributed by atoms with Crippen molar-refractivity contribution < 1.29 is 32.2 Å². The molecule has 0 spiro atoms. The van der Waals surface area contributed by atoms with E-state index in [9.17, 15) is 22.8 Å². The van der Waals surface area contributed by atoms with Gasteiger partial charge in [-0.3, -0.25) is 10.1 Å². The zero-order valence-electron chi connectivity index (χ0n) is 19.4. The van der Waals surface area contributed by atoms with E-state index in [2.05, 4.69) is 10.3 Å². The summed E-state index contributed by atoms with van der Waals surface area (Å²) in [6.07, 6.45) is 2.02. The molecular formula is C25H28F3N3O4. The zero-order valence-corrected chi connectivity index (χ0v) is 19.4. The van der Waals surface area contributed by atoms with Gasteiger partial charge >= 0.3 is 12.1 Å². The van der Waals surface area contributed by atoms with Gasteiger partial charge in [0.2, 0.25) is 11.8 Å². The van der Waals surface area contributed by atoms with E-state index in [-0.39, 0.29) is 19.4 Å². The van der Waals surface area contributed by atoms with Crippen LogP contribution in [0.15, 0.2) is 36.5 Å². The average molecular weight is 492 g/mol. The standard InChI is InChI=1S/C25H28F3N3O4/c1-34-24(33)20-13-18-15-31(20)22(32)14-30-21(25(26,27)28)7-5-3-2-4-6-16-8-9-17-10-11-29-23(35-18)19(17)12-16/h4,6,8-12,18,20-21,30H,2-3,5,7,13-15H2,1H3/b6-4-/t18-,20+,21?/m1/s1. The Balaban J connectivity index is 1.66. The smallest absolute Gasteiger partial charge is 0.403 e. The Labute approximate surface area is 201 Å². The summed E-state index contributed by atoms with van der Waals surface area (Å²) in [6, 6.07) is 4.96. The monoisotopic (exact) mass is 491 g/mol. The van der Waals surface area contributed by atoms with Crippen LogP contribution in [0.25, 0.3) is 16.8 Å². The largest absolute Gasteiger partial charge is 0.472 e. The van der Waals surface area contributed by atoms with Crippen LogP contribution in [0.5, 0.6) is 5.88 Å². The van der Waals surface area contributed by atoms with Gasteiger partial charge in [0.15, 0.2) is 0 Å². The van der Waals surface area contributed by atoms with Crippen molar-refractivity contribution in [1.29, 1.82) is 0 Å². The van der Waals surface area contributed by atoms with E-state index in [1.54, 1.807) is 6.20 Å². The van der Waals surface area contributed by atoms with Crippen LogP contribution in [0.1, 0.15) is 37.7 Å². The van der Waals surface area contributed by atoms with Crippen molar-refractivity contribution in [3.8, 4) is 5.88 Å². The van der Waals surface area contributed by atoms with Gasteiger partial charge in [0.1, 0.15) is 18.2 Å². The lowest BCUT2D eigenvalue weighted by atomic mass is 10.1. The van der Waals surface area contributed by atoms with Crippen molar-refractivity contribution in [3.63, 3.8) is 0 Å². The Kier molecular flexibility index (Phi) is 7.59. The number of halogens is 3. The summed E-state index contributed by atoms with van der Waals surface area (Å²) >= 11 is 0. The van der Waals surface area contributed by atoms with E-state index in [1.807, 2.05) is 36.4 Å². The van der Waals surface area contributed by atoms with E-state index >= 15 is 0 Å². The molecule has 2 aliphatic rings. The number of methoxy groups -OCH3 is 1. The van der Waals surface area contributed by atoms with Crippen molar-refractivity contribution in [2.45, 2.75) is 56.5 Å². The number of benzene rings is 1. The van der Waals surface area contributed by atoms with Gasteiger partial charge in [0.25, 0.3) is 0 Å². The Morgan fingerprint density at radius 3 is 2.86 bits per heavy atom. The third-order valence-corrected chi connectivity index (χ3v) is 6.41. The van der Waals surface area contributed by atoms with Crippen LogP contribution in [-0.4, -0.2) is 66.3 Å². The number of carbonyl (C=O) groups excluding carboxylic acids is 2. The molecule has 2 aliphatic heterocycles. The number of fused-ring (bicyclic) bond motifs is 3. The normalized spacial score (nSPS) is 25.1. The molecule has 4 rings (SSSR count). The molecule has 1 N–H and O–H groups in total. The van der Waals surface area contributed by atoms with Gasteiger partial charge in [-0.1, -0.05) is 30.7 Å². The highest BCUT2D eigenvalue weighted by Gasteiger charge is 2.43. The Morgan fingerprint density at radius 2 is 2.09 bits per heavy atom. The first-order valence-electron chi connectivity index (χ1n) is 11.7.